The predicted octanol–water partition coefficient (Wildman–Crippen LogP) is -0.176. The molecule has 0 rings (SSSR count). The second-order valence-corrected chi connectivity index (χ2v) is 5.00. The molecule has 0 radical (unpaired) electrons. The van der Waals surface area contributed by atoms with Gasteiger partial charge in [0.05, 0.1) is 7.11 Å². The van der Waals surface area contributed by atoms with Gasteiger partial charge in [0.2, 0.25) is 0 Å². The standard InChI is InChI=1S/C8H19NO4Si/c1-5-6(9-7(10)11-2)14-8(12-3)13-4/h6,8H,5,14H2,1-4H3,(H,9,10). The van der Waals surface area contributed by atoms with E-state index in [1.807, 2.05) is 6.92 Å². The number of hydrogen-bond donors (Lipinski definition) is 1. The Balaban J connectivity index is 3.94. The van der Waals surface area contributed by atoms with E-state index in [-0.39, 0.29) is 11.6 Å². The van der Waals surface area contributed by atoms with Crippen molar-refractivity contribution in [3.63, 3.8) is 0 Å². The van der Waals surface area contributed by atoms with Gasteiger partial charge in [-0.1, -0.05) is 6.92 Å². The minimum absolute atomic E-state index is 0.146. The molecule has 0 aliphatic carbocycles. The predicted molar refractivity (Wildman–Crippen MR) is 56.0 cm³/mol. The molecule has 1 atom stereocenters. The number of carbonyl (C=O) groups excluding carboxylic acids is 1. The van der Waals surface area contributed by atoms with Crippen LogP contribution in [0.4, 0.5) is 4.79 Å². The van der Waals surface area contributed by atoms with Crippen LogP contribution in [-0.4, -0.2) is 48.5 Å². The maximum Gasteiger partial charge on any atom is 0.406 e. The van der Waals surface area contributed by atoms with Gasteiger partial charge in [-0.25, -0.2) is 4.79 Å². The Morgan fingerprint density at radius 2 is 1.93 bits per heavy atom. The van der Waals surface area contributed by atoms with E-state index in [1.54, 1.807) is 14.2 Å². The van der Waals surface area contributed by atoms with Crippen LogP contribution in [0.3, 0.4) is 0 Å². The highest BCUT2D eigenvalue weighted by Gasteiger charge is 2.17. The molecular formula is C8H19NO4Si. The van der Waals surface area contributed by atoms with Gasteiger partial charge >= 0.3 is 6.09 Å². The van der Waals surface area contributed by atoms with Crippen molar-refractivity contribution in [3.05, 3.63) is 0 Å². The van der Waals surface area contributed by atoms with Gasteiger partial charge in [-0.05, 0) is 6.42 Å². The van der Waals surface area contributed by atoms with Crippen LogP contribution in [0, 0.1) is 0 Å². The van der Waals surface area contributed by atoms with Crippen LogP contribution in [-0.2, 0) is 14.2 Å². The normalized spacial score (nSPS) is 13.5. The fourth-order valence-corrected chi connectivity index (χ4v) is 2.54. The molecule has 0 saturated carbocycles. The van der Waals surface area contributed by atoms with Gasteiger partial charge < -0.3 is 19.5 Å². The van der Waals surface area contributed by atoms with Crippen LogP contribution < -0.4 is 5.32 Å². The summed E-state index contributed by atoms with van der Waals surface area (Å²) in [6, 6.07) is 0. The molecule has 0 aliphatic rings. The van der Waals surface area contributed by atoms with Crippen LogP contribution in [0.5, 0.6) is 0 Å². The molecule has 6 heteroatoms. The summed E-state index contributed by atoms with van der Waals surface area (Å²) in [4.78, 5) is 10.9. The SMILES string of the molecule is CCC(NC(=O)OC)[SiH2]C(OC)OC. The fraction of sp³-hybridized carbons (Fsp3) is 0.875. The van der Waals surface area contributed by atoms with Gasteiger partial charge in [-0.3, -0.25) is 0 Å². The highest BCUT2D eigenvalue weighted by atomic mass is 28.2. The fourth-order valence-electron chi connectivity index (χ4n) is 1.07. The first-order valence-corrected chi connectivity index (χ1v) is 6.21. The number of nitrogens with one attached hydrogen (secondary N) is 1. The van der Waals surface area contributed by atoms with Crippen molar-refractivity contribution < 1.29 is 19.0 Å². The zero-order valence-corrected chi connectivity index (χ0v) is 10.6. The van der Waals surface area contributed by atoms with Gasteiger partial charge in [0, 0.05) is 19.9 Å². The molecule has 84 valence electrons. The first-order valence-electron chi connectivity index (χ1n) is 4.57. The molecule has 0 bridgehead atoms. The number of carbonyl (C=O) groups is 1. The lowest BCUT2D eigenvalue weighted by Gasteiger charge is -2.20. The zero-order valence-electron chi connectivity index (χ0n) is 9.20. The summed E-state index contributed by atoms with van der Waals surface area (Å²) in [6.45, 7) is 2.01. The minimum atomic E-state index is -0.669. The second-order valence-electron chi connectivity index (χ2n) is 2.88. The Labute approximate surface area is 86.9 Å². The molecule has 0 aromatic heterocycles. The lowest BCUT2D eigenvalue weighted by atomic mass is 10.5. The molecule has 0 fully saturated rings. The summed E-state index contributed by atoms with van der Waals surface area (Å²) in [5.74, 6) is -0.155. The Morgan fingerprint density at radius 1 is 1.36 bits per heavy atom. The average molecular weight is 221 g/mol. The Hall–Kier alpha value is -0.593. The van der Waals surface area contributed by atoms with Crippen LogP contribution in [0.25, 0.3) is 0 Å². The lowest BCUT2D eigenvalue weighted by Crippen LogP contribution is -2.44. The van der Waals surface area contributed by atoms with E-state index in [2.05, 4.69) is 10.1 Å². The third kappa shape index (κ3) is 5.20. The number of ether oxygens (including phenoxy) is 3. The van der Waals surface area contributed by atoms with Crippen LogP contribution in [0.2, 0.25) is 0 Å². The molecule has 0 heterocycles. The largest absolute Gasteiger partial charge is 0.453 e. The number of methoxy groups -OCH3 is 3. The van der Waals surface area contributed by atoms with E-state index >= 15 is 0 Å². The summed E-state index contributed by atoms with van der Waals surface area (Å²) in [7, 11) is 3.89. The van der Waals surface area contributed by atoms with Crippen molar-refractivity contribution in [2.24, 2.45) is 0 Å². The first-order chi connectivity index (χ1) is 6.67. The van der Waals surface area contributed by atoms with Crippen molar-refractivity contribution in [1.29, 1.82) is 0 Å². The summed E-state index contributed by atoms with van der Waals surface area (Å²) >= 11 is 0. The van der Waals surface area contributed by atoms with Gasteiger partial charge in [0.15, 0.2) is 0 Å². The van der Waals surface area contributed by atoms with Gasteiger partial charge in [0.1, 0.15) is 15.4 Å². The average Bonchev–Trinajstić information content (AvgIpc) is 2.23. The highest BCUT2D eigenvalue weighted by molar-refractivity contribution is 6.39. The summed E-state index contributed by atoms with van der Waals surface area (Å²) in [6.07, 6.45) is 0.472. The van der Waals surface area contributed by atoms with Gasteiger partial charge in [-0.2, -0.15) is 0 Å². The van der Waals surface area contributed by atoms with E-state index < -0.39 is 15.6 Å². The molecule has 0 aromatic rings. The maximum atomic E-state index is 10.9. The highest BCUT2D eigenvalue weighted by Crippen LogP contribution is 1.96. The van der Waals surface area contributed by atoms with Crippen molar-refractivity contribution in [3.8, 4) is 0 Å². The van der Waals surface area contributed by atoms with E-state index in [0.29, 0.717) is 0 Å². The molecule has 1 N–H and O–H groups in total. The van der Waals surface area contributed by atoms with Crippen LogP contribution in [0.1, 0.15) is 13.3 Å². The van der Waals surface area contributed by atoms with Crippen molar-refractivity contribution in [2.45, 2.75) is 24.9 Å². The molecule has 0 saturated heterocycles. The lowest BCUT2D eigenvalue weighted by molar-refractivity contribution is -0.0450. The Bertz CT molecular complexity index is 163. The van der Waals surface area contributed by atoms with Gasteiger partial charge in [0.25, 0.3) is 0 Å². The topological polar surface area (TPSA) is 56.8 Å². The van der Waals surface area contributed by atoms with Crippen molar-refractivity contribution in [1.82, 2.24) is 5.32 Å². The van der Waals surface area contributed by atoms with E-state index in [0.717, 1.165) is 6.42 Å². The number of amides is 1. The molecule has 0 spiro atoms. The summed E-state index contributed by atoms with van der Waals surface area (Å²) in [5, 5.41) is 2.76. The summed E-state index contributed by atoms with van der Waals surface area (Å²) in [5.41, 5.74) is 0.146. The smallest absolute Gasteiger partial charge is 0.406 e. The van der Waals surface area contributed by atoms with E-state index in [1.165, 1.54) is 7.11 Å². The molecule has 1 amide bonds. The molecule has 5 nitrogen and oxygen atoms in total. The second kappa shape index (κ2) is 7.78. The van der Waals surface area contributed by atoms with E-state index in [9.17, 15) is 4.79 Å². The summed E-state index contributed by atoms with van der Waals surface area (Å²) < 4.78 is 14.7. The molecule has 0 aromatic carbocycles. The zero-order chi connectivity index (χ0) is 11.0. The number of alkyl carbamates (subject to hydrolysis) is 1. The molecular weight excluding hydrogens is 202 g/mol. The maximum absolute atomic E-state index is 10.9. The third-order valence-corrected chi connectivity index (χ3v) is 4.40. The Morgan fingerprint density at radius 3 is 2.29 bits per heavy atom. The monoisotopic (exact) mass is 221 g/mol. The van der Waals surface area contributed by atoms with Gasteiger partial charge in [-0.15, -0.1) is 0 Å². The minimum Gasteiger partial charge on any atom is -0.453 e. The van der Waals surface area contributed by atoms with Crippen molar-refractivity contribution in [2.75, 3.05) is 21.3 Å². The van der Waals surface area contributed by atoms with Crippen LogP contribution >= 0.6 is 0 Å². The molecule has 14 heavy (non-hydrogen) atoms. The first kappa shape index (κ1) is 13.4. The third-order valence-electron chi connectivity index (χ3n) is 2.00. The molecule has 0 aliphatic heterocycles. The number of hydrogen-bond acceptors (Lipinski definition) is 4. The quantitative estimate of drug-likeness (QED) is 0.499. The Kier molecular flexibility index (Phi) is 7.45. The number of rotatable bonds is 6. The molecule has 1 unspecified atom stereocenters. The van der Waals surface area contributed by atoms with E-state index in [4.69, 9.17) is 9.47 Å². The van der Waals surface area contributed by atoms with Crippen LogP contribution in [0.15, 0.2) is 0 Å². The van der Waals surface area contributed by atoms with Crippen molar-refractivity contribution >= 4 is 15.6 Å².